The van der Waals surface area contributed by atoms with Crippen LogP contribution in [0, 0.1) is 5.41 Å². The zero-order valence-electron chi connectivity index (χ0n) is 29.2. The van der Waals surface area contributed by atoms with E-state index in [-0.39, 0.29) is 29.4 Å². The summed E-state index contributed by atoms with van der Waals surface area (Å²) in [5.41, 5.74) is -1.97. The van der Waals surface area contributed by atoms with Crippen molar-refractivity contribution in [3.8, 4) is 0 Å². The summed E-state index contributed by atoms with van der Waals surface area (Å²) in [7, 11) is 0. The normalized spacial score (nSPS) is 14.9. The van der Waals surface area contributed by atoms with Gasteiger partial charge in [-0.2, -0.15) is 25.3 Å². The first-order valence-corrected chi connectivity index (χ1v) is 17.2. The maximum absolute atomic E-state index is 12.0. The van der Waals surface area contributed by atoms with Crippen LogP contribution in [0.2, 0.25) is 0 Å². The molecule has 0 heterocycles. The first-order chi connectivity index (χ1) is 19.8. The van der Waals surface area contributed by atoms with E-state index >= 15 is 0 Å². The first kappa shape index (κ1) is 42.3. The Labute approximate surface area is 274 Å². The van der Waals surface area contributed by atoms with Crippen LogP contribution in [0.1, 0.15) is 134 Å². The Balaban J connectivity index is 5.77. The Hall–Kier alpha value is -0.740. The highest BCUT2D eigenvalue weighted by Gasteiger charge is 2.44. The predicted molar refractivity (Wildman–Crippen MR) is 183 cm³/mol. The van der Waals surface area contributed by atoms with Gasteiger partial charge in [0.2, 0.25) is 0 Å². The summed E-state index contributed by atoms with van der Waals surface area (Å²) < 4.78 is 30.3. The van der Waals surface area contributed by atoms with Crippen molar-refractivity contribution >= 4 is 37.2 Å². The standard InChI is InChI=1S/C34H64O7S2/c1-12-14-19-37-31(6,7)24-34(13-2,25-32(8,9)38-20-15-27(3)40-28(35)16-22-42)26-33(10,11)39-21-18-30(4,5)41-29(36)17-23-43/h15,42-43H,12-14,16-26H2,1-11H3/b27-15+. The molecule has 0 aliphatic heterocycles. The monoisotopic (exact) mass is 648 g/mol. The number of thiol groups is 2. The summed E-state index contributed by atoms with van der Waals surface area (Å²) in [5.74, 6) is 0.922. The average Bonchev–Trinajstić information content (AvgIpc) is 2.82. The van der Waals surface area contributed by atoms with Crippen LogP contribution in [0.4, 0.5) is 0 Å². The fourth-order valence-corrected chi connectivity index (χ4v) is 6.11. The van der Waals surface area contributed by atoms with Crippen LogP contribution < -0.4 is 0 Å². The highest BCUT2D eigenvalue weighted by molar-refractivity contribution is 7.80. The minimum absolute atomic E-state index is 0.144. The Morgan fingerprint density at radius 1 is 0.698 bits per heavy atom. The van der Waals surface area contributed by atoms with Gasteiger partial charge in [0.1, 0.15) is 11.4 Å². The minimum atomic E-state index is -0.615. The van der Waals surface area contributed by atoms with E-state index in [0.29, 0.717) is 43.3 Å². The molecular formula is C34H64O7S2. The summed E-state index contributed by atoms with van der Waals surface area (Å²) >= 11 is 8.22. The molecule has 0 rings (SSSR count). The molecule has 7 nitrogen and oxygen atoms in total. The summed E-state index contributed by atoms with van der Waals surface area (Å²) in [6.07, 6.45) is 8.47. The van der Waals surface area contributed by atoms with Gasteiger partial charge in [0, 0.05) is 24.5 Å². The molecule has 43 heavy (non-hydrogen) atoms. The van der Waals surface area contributed by atoms with Crippen LogP contribution in [0.15, 0.2) is 11.8 Å². The zero-order chi connectivity index (χ0) is 33.4. The van der Waals surface area contributed by atoms with Crippen LogP contribution in [0.25, 0.3) is 0 Å². The van der Waals surface area contributed by atoms with Gasteiger partial charge in [-0.15, -0.1) is 0 Å². The second-order valence-corrected chi connectivity index (χ2v) is 15.1. The van der Waals surface area contributed by atoms with Crippen molar-refractivity contribution in [3.63, 3.8) is 0 Å². The van der Waals surface area contributed by atoms with Crippen LogP contribution in [0.3, 0.4) is 0 Å². The van der Waals surface area contributed by atoms with E-state index in [0.717, 1.165) is 45.1 Å². The Morgan fingerprint density at radius 2 is 1.19 bits per heavy atom. The van der Waals surface area contributed by atoms with E-state index < -0.39 is 16.8 Å². The van der Waals surface area contributed by atoms with Gasteiger partial charge in [0.05, 0.1) is 42.9 Å². The van der Waals surface area contributed by atoms with Crippen molar-refractivity contribution in [1.29, 1.82) is 0 Å². The summed E-state index contributed by atoms with van der Waals surface area (Å²) in [4.78, 5) is 23.8. The van der Waals surface area contributed by atoms with Gasteiger partial charge >= 0.3 is 11.9 Å². The molecule has 0 saturated heterocycles. The number of rotatable bonds is 24. The average molecular weight is 649 g/mol. The molecule has 0 aromatic rings. The fourth-order valence-electron chi connectivity index (χ4n) is 5.74. The van der Waals surface area contributed by atoms with Crippen LogP contribution in [0.5, 0.6) is 0 Å². The molecule has 0 aromatic heterocycles. The predicted octanol–water partition coefficient (Wildman–Crippen LogP) is 8.54. The molecular weight excluding hydrogens is 585 g/mol. The van der Waals surface area contributed by atoms with E-state index in [4.69, 9.17) is 23.7 Å². The van der Waals surface area contributed by atoms with Crippen molar-refractivity contribution in [2.75, 3.05) is 31.3 Å². The van der Waals surface area contributed by atoms with Crippen LogP contribution in [-0.2, 0) is 33.3 Å². The summed E-state index contributed by atoms with van der Waals surface area (Å²) in [5, 5.41) is 0. The molecule has 0 amide bonds. The summed E-state index contributed by atoms with van der Waals surface area (Å²) in [6.45, 7) is 24.4. The van der Waals surface area contributed by atoms with Crippen molar-refractivity contribution < 1.29 is 33.3 Å². The molecule has 0 aliphatic carbocycles. The van der Waals surface area contributed by atoms with E-state index in [1.165, 1.54) is 0 Å². The van der Waals surface area contributed by atoms with E-state index in [1.807, 2.05) is 13.8 Å². The second-order valence-electron chi connectivity index (χ2n) is 14.2. The third-order valence-corrected chi connectivity index (χ3v) is 7.93. The molecule has 254 valence electrons. The van der Waals surface area contributed by atoms with Crippen molar-refractivity contribution in [2.45, 2.75) is 156 Å². The molecule has 0 radical (unpaired) electrons. The molecule has 1 unspecified atom stereocenters. The maximum Gasteiger partial charge on any atom is 0.311 e. The molecule has 0 N–H and O–H groups in total. The zero-order valence-corrected chi connectivity index (χ0v) is 31.0. The van der Waals surface area contributed by atoms with E-state index in [2.05, 4.69) is 80.6 Å². The van der Waals surface area contributed by atoms with E-state index in [9.17, 15) is 9.59 Å². The number of ether oxygens (including phenoxy) is 5. The molecule has 0 saturated carbocycles. The molecule has 0 aromatic carbocycles. The smallest absolute Gasteiger partial charge is 0.311 e. The highest BCUT2D eigenvalue weighted by atomic mass is 32.1. The number of carbonyl (C=O) groups is 2. The van der Waals surface area contributed by atoms with Gasteiger partial charge < -0.3 is 23.7 Å². The number of esters is 2. The highest BCUT2D eigenvalue weighted by Crippen LogP contribution is 2.47. The third-order valence-electron chi connectivity index (χ3n) is 7.48. The van der Waals surface area contributed by atoms with Gasteiger partial charge in [-0.05, 0) is 99.5 Å². The van der Waals surface area contributed by atoms with E-state index in [1.54, 1.807) is 13.0 Å². The molecule has 0 spiro atoms. The lowest BCUT2D eigenvalue weighted by Gasteiger charge is -2.47. The number of hydrogen-bond acceptors (Lipinski definition) is 9. The lowest BCUT2D eigenvalue weighted by molar-refractivity contribution is -0.159. The maximum atomic E-state index is 12.0. The van der Waals surface area contributed by atoms with Gasteiger partial charge in [-0.25, -0.2) is 0 Å². The Bertz CT molecular complexity index is 852. The quantitative estimate of drug-likeness (QED) is 0.0470. The molecule has 0 bridgehead atoms. The lowest BCUT2D eigenvalue weighted by atomic mass is 9.65. The topological polar surface area (TPSA) is 80.3 Å². The van der Waals surface area contributed by atoms with Crippen LogP contribution >= 0.6 is 25.3 Å². The molecule has 0 fully saturated rings. The van der Waals surface area contributed by atoms with Gasteiger partial charge in [-0.3, -0.25) is 9.59 Å². The second kappa shape index (κ2) is 19.7. The SMILES string of the molecule is CCCCOC(C)(C)CC(CC)(CC(C)(C)OC/C=C(\C)OC(=O)CCS)CC(C)(C)OCCC(C)(C)OC(=O)CCS. The molecule has 0 aliphatic rings. The number of carbonyl (C=O) groups excluding carboxylic acids is 2. The number of allylic oxidation sites excluding steroid dienone is 1. The third kappa shape index (κ3) is 20.1. The van der Waals surface area contributed by atoms with Gasteiger partial charge in [0.15, 0.2) is 0 Å². The fraction of sp³-hybridized carbons (Fsp3) is 0.882. The first-order valence-electron chi connectivity index (χ1n) is 16.0. The number of hydrogen-bond donors (Lipinski definition) is 2. The molecule has 9 heteroatoms. The minimum Gasteiger partial charge on any atom is -0.460 e. The largest absolute Gasteiger partial charge is 0.460 e. The molecule has 1 atom stereocenters. The number of unbranched alkanes of at least 4 members (excludes halogenated alkanes) is 1. The van der Waals surface area contributed by atoms with Gasteiger partial charge in [0.25, 0.3) is 0 Å². The van der Waals surface area contributed by atoms with Crippen molar-refractivity contribution in [3.05, 3.63) is 11.8 Å². The Kier molecular flexibility index (Phi) is 19.4. The Morgan fingerprint density at radius 3 is 1.67 bits per heavy atom. The van der Waals surface area contributed by atoms with Crippen LogP contribution in [-0.4, -0.2) is 65.7 Å². The van der Waals surface area contributed by atoms with Crippen molar-refractivity contribution in [1.82, 2.24) is 0 Å². The lowest BCUT2D eigenvalue weighted by Crippen LogP contribution is -2.45. The van der Waals surface area contributed by atoms with Crippen molar-refractivity contribution in [2.24, 2.45) is 5.41 Å². The van der Waals surface area contributed by atoms with Gasteiger partial charge in [-0.1, -0.05) is 26.7 Å². The summed E-state index contributed by atoms with van der Waals surface area (Å²) in [6, 6.07) is 0.